The third-order valence-corrected chi connectivity index (χ3v) is 5.40. The summed E-state index contributed by atoms with van der Waals surface area (Å²) in [6.45, 7) is 4.33. The predicted octanol–water partition coefficient (Wildman–Crippen LogP) is 3.51. The fourth-order valence-electron chi connectivity index (χ4n) is 2.56. The summed E-state index contributed by atoms with van der Waals surface area (Å²) in [6.07, 6.45) is 4.96. The van der Waals surface area contributed by atoms with Crippen LogP contribution in [0.4, 0.5) is 11.5 Å². The fraction of sp³-hybridized carbons (Fsp3) is 0.158. The van der Waals surface area contributed by atoms with Gasteiger partial charge in [-0.2, -0.15) is 0 Å². The van der Waals surface area contributed by atoms with Gasteiger partial charge in [0, 0.05) is 18.9 Å². The van der Waals surface area contributed by atoms with Gasteiger partial charge in [0.05, 0.1) is 16.8 Å². The van der Waals surface area contributed by atoms with E-state index in [9.17, 15) is 8.42 Å². The number of aromatic nitrogens is 2. The van der Waals surface area contributed by atoms with Crippen molar-refractivity contribution >= 4 is 21.5 Å². The Bertz CT molecular complexity index is 988. The summed E-state index contributed by atoms with van der Waals surface area (Å²) < 4.78 is 27.7. The predicted molar refractivity (Wildman–Crippen MR) is 103 cm³/mol. The van der Waals surface area contributed by atoms with Crippen molar-refractivity contribution in [1.82, 2.24) is 9.97 Å². The molecule has 0 bridgehead atoms. The minimum atomic E-state index is -3.65. The normalized spacial score (nSPS) is 11.2. The molecule has 0 spiro atoms. The molecule has 2 heterocycles. The van der Waals surface area contributed by atoms with Gasteiger partial charge in [-0.3, -0.25) is 9.71 Å². The molecule has 0 unspecified atom stereocenters. The lowest BCUT2D eigenvalue weighted by Crippen LogP contribution is -2.14. The molecule has 1 aromatic carbocycles. The van der Waals surface area contributed by atoms with Crippen molar-refractivity contribution < 1.29 is 8.42 Å². The van der Waals surface area contributed by atoms with E-state index in [0.29, 0.717) is 23.6 Å². The maximum atomic E-state index is 12.6. The van der Waals surface area contributed by atoms with Crippen LogP contribution in [0.5, 0.6) is 0 Å². The summed E-state index contributed by atoms with van der Waals surface area (Å²) in [5.74, 6) is 0.663. The lowest BCUT2D eigenvalue weighted by molar-refractivity contribution is 0.600. The Labute approximate surface area is 153 Å². The van der Waals surface area contributed by atoms with Crippen LogP contribution in [0.15, 0.2) is 66.0 Å². The molecule has 6 nitrogen and oxygen atoms in total. The number of anilines is 2. The summed E-state index contributed by atoms with van der Waals surface area (Å²) in [5, 5.41) is 3.18. The van der Waals surface area contributed by atoms with Gasteiger partial charge in [0.1, 0.15) is 5.82 Å². The Balaban J connectivity index is 1.68. The van der Waals surface area contributed by atoms with Crippen LogP contribution in [0, 0.1) is 13.8 Å². The van der Waals surface area contributed by atoms with Gasteiger partial charge in [0.15, 0.2) is 0 Å². The maximum absolute atomic E-state index is 12.6. The zero-order valence-corrected chi connectivity index (χ0v) is 15.4. The van der Waals surface area contributed by atoms with Crippen LogP contribution < -0.4 is 10.0 Å². The highest BCUT2D eigenvalue weighted by atomic mass is 32.2. The van der Waals surface area contributed by atoms with E-state index in [4.69, 9.17) is 0 Å². The van der Waals surface area contributed by atoms with E-state index in [0.717, 1.165) is 11.1 Å². The number of sulfonamides is 1. The molecule has 7 heteroatoms. The molecule has 2 aromatic heterocycles. The first-order valence-corrected chi connectivity index (χ1v) is 9.61. The topological polar surface area (TPSA) is 84.0 Å². The van der Waals surface area contributed by atoms with Crippen molar-refractivity contribution in [2.24, 2.45) is 0 Å². The van der Waals surface area contributed by atoms with Crippen LogP contribution in [0.2, 0.25) is 0 Å². The van der Waals surface area contributed by atoms with E-state index in [1.165, 1.54) is 6.20 Å². The Hall–Kier alpha value is -2.93. The molecule has 26 heavy (non-hydrogen) atoms. The molecule has 0 saturated carbocycles. The molecule has 0 aliphatic rings. The van der Waals surface area contributed by atoms with Gasteiger partial charge < -0.3 is 5.32 Å². The molecule has 0 fully saturated rings. The smallest absolute Gasteiger partial charge is 0.262 e. The molecule has 134 valence electrons. The zero-order chi connectivity index (χ0) is 18.6. The average molecular weight is 368 g/mol. The first-order valence-electron chi connectivity index (χ1n) is 8.13. The van der Waals surface area contributed by atoms with E-state index < -0.39 is 10.0 Å². The number of nitrogens with one attached hydrogen (secondary N) is 2. The Kier molecular flexibility index (Phi) is 5.18. The lowest BCUT2D eigenvalue weighted by atomic mass is 10.2. The number of benzene rings is 1. The summed E-state index contributed by atoms with van der Waals surface area (Å²) in [5.41, 5.74) is 3.23. The van der Waals surface area contributed by atoms with Crippen LogP contribution >= 0.6 is 0 Å². The Morgan fingerprint density at radius 3 is 2.42 bits per heavy atom. The number of rotatable bonds is 6. The quantitative estimate of drug-likeness (QED) is 0.696. The summed E-state index contributed by atoms with van der Waals surface area (Å²) in [7, 11) is -3.65. The molecule has 0 aliphatic carbocycles. The summed E-state index contributed by atoms with van der Waals surface area (Å²) in [6, 6.07) is 12.5. The van der Waals surface area contributed by atoms with Crippen LogP contribution in [0.3, 0.4) is 0 Å². The minimum Gasteiger partial charge on any atom is -0.366 e. The molecular weight excluding hydrogens is 348 g/mol. The number of pyridine rings is 2. The first kappa shape index (κ1) is 17.9. The highest BCUT2D eigenvalue weighted by Gasteiger charge is 2.17. The van der Waals surface area contributed by atoms with E-state index in [-0.39, 0.29) is 4.90 Å². The van der Waals surface area contributed by atoms with Crippen molar-refractivity contribution in [3.63, 3.8) is 0 Å². The van der Waals surface area contributed by atoms with Gasteiger partial charge in [-0.1, -0.05) is 17.7 Å². The third kappa shape index (κ3) is 4.37. The zero-order valence-electron chi connectivity index (χ0n) is 14.6. The molecule has 0 atom stereocenters. The third-order valence-electron chi connectivity index (χ3n) is 3.86. The lowest BCUT2D eigenvalue weighted by Gasteiger charge is -2.11. The molecule has 2 N–H and O–H groups in total. The van der Waals surface area contributed by atoms with E-state index in [2.05, 4.69) is 20.0 Å². The fourth-order valence-corrected chi connectivity index (χ4v) is 3.83. The molecule has 0 aliphatic heterocycles. The van der Waals surface area contributed by atoms with Crippen LogP contribution in [0.1, 0.15) is 16.7 Å². The van der Waals surface area contributed by atoms with Crippen LogP contribution in [-0.2, 0) is 16.6 Å². The number of hydrogen-bond acceptors (Lipinski definition) is 5. The van der Waals surface area contributed by atoms with E-state index in [1.54, 1.807) is 43.6 Å². The van der Waals surface area contributed by atoms with Gasteiger partial charge in [-0.25, -0.2) is 13.4 Å². The first-order chi connectivity index (χ1) is 12.4. The van der Waals surface area contributed by atoms with Crippen LogP contribution in [-0.4, -0.2) is 18.4 Å². The second-order valence-electron chi connectivity index (χ2n) is 6.02. The molecule has 3 aromatic rings. The van der Waals surface area contributed by atoms with Crippen molar-refractivity contribution in [2.45, 2.75) is 25.3 Å². The Morgan fingerprint density at radius 2 is 1.77 bits per heavy atom. The molecule has 0 amide bonds. The van der Waals surface area contributed by atoms with Gasteiger partial charge in [-0.05, 0) is 55.3 Å². The number of aryl methyl sites for hydroxylation is 2. The standard InChI is InChI=1S/C19H20N4O2S/c1-14-3-5-18(15(2)11-14)26(24,25)23-17-4-6-19(22-13-17)21-12-16-7-9-20-10-8-16/h3-11,13,23H,12H2,1-2H3,(H,21,22). The second kappa shape index (κ2) is 7.53. The van der Waals surface area contributed by atoms with Crippen molar-refractivity contribution in [3.05, 3.63) is 77.7 Å². The van der Waals surface area contributed by atoms with Gasteiger partial charge in [0.2, 0.25) is 0 Å². The maximum Gasteiger partial charge on any atom is 0.262 e. The molecule has 0 saturated heterocycles. The summed E-state index contributed by atoms with van der Waals surface area (Å²) in [4.78, 5) is 8.49. The largest absolute Gasteiger partial charge is 0.366 e. The number of nitrogens with zero attached hydrogens (tertiary/aromatic N) is 2. The van der Waals surface area contributed by atoms with Crippen LogP contribution in [0.25, 0.3) is 0 Å². The molecular formula is C19H20N4O2S. The Morgan fingerprint density at radius 1 is 1.00 bits per heavy atom. The van der Waals surface area contributed by atoms with Gasteiger partial charge in [-0.15, -0.1) is 0 Å². The van der Waals surface area contributed by atoms with E-state index >= 15 is 0 Å². The molecule has 3 rings (SSSR count). The number of hydrogen-bond donors (Lipinski definition) is 2. The second-order valence-corrected chi connectivity index (χ2v) is 7.67. The molecule has 0 radical (unpaired) electrons. The highest BCUT2D eigenvalue weighted by Crippen LogP contribution is 2.20. The van der Waals surface area contributed by atoms with Crippen molar-refractivity contribution in [3.8, 4) is 0 Å². The van der Waals surface area contributed by atoms with Crippen molar-refractivity contribution in [1.29, 1.82) is 0 Å². The van der Waals surface area contributed by atoms with Gasteiger partial charge >= 0.3 is 0 Å². The van der Waals surface area contributed by atoms with Gasteiger partial charge in [0.25, 0.3) is 10.0 Å². The monoisotopic (exact) mass is 368 g/mol. The summed E-state index contributed by atoms with van der Waals surface area (Å²) >= 11 is 0. The van der Waals surface area contributed by atoms with Crippen molar-refractivity contribution in [2.75, 3.05) is 10.0 Å². The average Bonchev–Trinajstić information content (AvgIpc) is 2.61. The SMILES string of the molecule is Cc1ccc(S(=O)(=O)Nc2ccc(NCc3ccncc3)nc2)c(C)c1. The highest BCUT2D eigenvalue weighted by molar-refractivity contribution is 7.92. The minimum absolute atomic E-state index is 0.267. The van der Waals surface area contributed by atoms with E-state index in [1.807, 2.05) is 25.1 Å².